The van der Waals surface area contributed by atoms with Crippen molar-refractivity contribution in [2.24, 2.45) is 5.73 Å². The van der Waals surface area contributed by atoms with Crippen LogP contribution >= 0.6 is 0 Å². The van der Waals surface area contributed by atoms with Crippen LogP contribution in [0.5, 0.6) is 0 Å². The highest BCUT2D eigenvalue weighted by Crippen LogP contribution is 2.31. The van der Waals surface area contributed by atoms with Gasteiger partial charge < -0.3 is 11.1 Å². The first-order valence-electron chi connectivity index (χ1n) is 10.4. The van der Waals surface area contributed by atoms with E-state index in [1.165, 1.54) is 36.0 Å². The Balaban J connectivity index is 1.68. The van der Waals surface area contributed by atoms with Crippen molar-refractivity contribution in [1.29, 1.82) is 0 Å². The van der Waals surface area contributed by atoms with Crippen LogP contribution in [0.1, 0.15) is 53.6 Å². The van der Waals surface area contributed by atoms with Crippen molar-refractivity contribution >= 4 is 11.6 Å². The summed E-state index contributed by atoms with van der Waals surface area (Å²) >= 11 is 0. The van der Waals surface area contributed by atoms with Gasteiger partial charge in [-0.1, -0.05) is 49.6 Å². The van der Waals surface area contributed by atoms with Crippen molar-refractivity contribution in [3.63, 3.8) is 0 Å². The topological polar surface area (TPSA) is 68.0 Å². The van der Waals surface area contributed by atoms with E-state index in [-0.39, 0.29) is 5.91 Å². The van der Waals surface area contributed by atoms with Crippen molar-refractivity contribution in [2.45, 2.75) is 44.6 Å². The fourth-order valence-corrected chi connectivity index (χ4v) is 4.19. The van der Waals surface area contributed by atoms with Gasteiger partial charge in [-0.25, -0.2) is 0 Å². The zero-order valence-corrected chi connectivity index (χ0v) is 16.6. The molecule has 3 aromatic rings. The number of rotatable bonds is 6. The predicted molar refractivity (Wildman–Crippen MR) is 118 cm³/mol. The molecule has 0 atom stereocenters. The minimum absolute atomic E-state index is 0.389. The number of carbonyl (C=O) groups is 1. The van der Waals surface area contributed by atoms with E-state index >= 15 is 0 Å². The molecule has 0 aliphatic heterocycles. The second kappa shape index (κ2) is 8.91. The summed E-state index contributed by atoms with van der Waals surface area (Å²) in [4.78, 5) is 16.1. The number of pyridine rings is 1. The van der Waals surface area contributed by atoms with Crippen LogP contribution in [0.15, 0.2) is 67.0 Å². The van der Waals surface area contributed by atoms with Crippen LogP contribution in [-0.2, 0) is 6.42 Å². The van der Waals surface area contributed by atoms with Crippen LogP contribution in [0, 0.1) is 0 Å². The van der Waals surface area contributed by atoms with E-state index in [0.717, 1.165) is 30.5 Å². The summed E-state index contributed by atoms with van der Waals surface area (Å²) in [6.07, 6.45) is 10.5. The molecule has 1 heterocycles. The Morgan fingerprint density at radius 2 is 1.76 bits per heavy atom. The maximum Gasteiger partial charge on any atom is 0.250 e. The molecule has 4 nitrogen and oxygen atoms in total. The standard InChI is InChI=1S/C25H27N3O/c26-25(29)23-11-10-20(17-24(23)28-21-7-2-1-3-8-21)22-9-5-4-6-19(22)16-18-12-14-27-15-13-18/h4-6,9-15,17,21,28H,1-3,7-8,16H2,(H2,26,29). The molecule has 1 aliphatic carbocycles. The molecule has 0 spiro atoms. The lowest BCUT2D eigenvalue weighted by Gasteiger charge is -2.25. The summed E-state index contributed by atoms with van der Waals surface area (Å²) in [5.74, 6) is -0.389. The van der Waals surface area contributed by atoms with Crippen molar-refractivity contribution in [3.05, 3.63) is 83.7 Å². The lowest BCUT2D eigenvalue weighted by atomic mass is 9.92. The van der Waals surface area contributed by atoms with Gasteiger partial charge in [0.1, 0.15) is 0 Å². The third-order valence-corrected chi connectivity index (χ3v) is 5.72. The molecule has 1 aromatic heterocycles. The van der Waals surface area contributed by atoms with Crippen LogP contribution in [0.2, 0.25) is 0 Å². The van der Waals surface area contributed by atoms with Crippen molar-refractivity contribution in [3.8, 4) is 11.1 Å². The number of nitrogens with two attached hydrogens (primary N) is 1. The van der Waals surface area contributed by atoms with E-state index in [2.05, 4.69) is 40.6 Å². The second-order valence-corrected chi connectivity index (χ2v) is 7.79. The summed E-state index contributed by atoms with van der Waals surface area (Å²) in [7, 11) is 0. The molecule has 29 heavy (non-hydrogen) atoms. The second-order valence-electron chi connectivity index (χ2n) is 7.79. The number of benzene rings is 2. The highest BCUT2D eigenvalue weighted by molar-refractivity contribution is 5.99. The fraction of sp³-hybridized carbons (Fsp3) is 0.280. The highest BCUT2D eigenvalue weighted by Gasteiger charge is 2.17. The Kier molecular flexibility index (Phi) is 5.89. The summed E-state index contributed by atoms with van der Waals surface area (Å²) in [5, 5.41) is 3.60. The summed E-state index contributed by atoms with van der Waals surface area (Å²) in [5.41, 5.74) is 11.8. The zero-order valence-electron chi connectivity index (χ0n) is 16.6. The molecule has 1 saturated carbocycles. The smallest absolute Gasteiger partial charge is 0.250 e. The first kappa shape index (κ1) is 19.2. The molecule has 0 bridgehead atoms. The predicted octanol–water partition coefficient (Wildman–Crippen LogP) is 5.18. The number of nitrogens with one attached hydrogen (secondary N) is 1. The van der Waals surface area contributed by atoms with E-state index in [4.69, 9.17) is 5.73 Å². The first-order chi connectivity index (χ1) is 14.2. The molecule has 3 N–H and O–H groups in total. The molecule has 4 heteroatoms. The monoisotopic (exact) mass is 385 g/mol. The molecular weight excluding hydrogens is 358 g/mol. The molecule has 148 valence electrons. The Labute approximate surface area is 172 Å². The number of hydrogen-bond donors (Lipinski definition) is 2. The normalized spacial score (nSPS) is 14.5. The minimum atomic E-state index is -0.389. The molecule has 1 fully saturated rings. The molecule has 1 aliphatic rings. The lowest BCUT2D eigenvalue weighted by molar-refractivity contribution is 0.100. The quantitative estimate of drug-likeness (QED) is 0.614. The molecule has 0 unspecified atom stereocenters. The number of amides is 1. The van der Waals surface area contributed by atoms with Crippen LogP contribution in [0.3, 0.4) is 0 Å². The number of carbonyl (C=O) groups excluding carboxylic acids is 1. The van der Waals surface area contributed by atoms with Crippen LogP contribution < -0.4 is 11.1 Å². The van der Waals surface area contributed by atoms with E-state index in [0.29, 0.717) is 11.6 Å². The number of aromatic nitrogens is 1. The average Bonchev–Trinajstić information content (AvgIpc) is 2.75. The maximum absolute atomic E-state index is 12.0. The van der Waals surface area contributed by atoms with Crippen LogP contribution in [0.4, 0.5) is 5.69 Å². The molecule has 2 aromatic carbocycles. The SMILES string of the molecule is NC(=O)c1ccc(-c2ccccc2Cc2ccncc2)cc1NC1CCCCC1. The Morgan fingerprint density at radius 3 is 2.52 bits per heavy atom. The van der Waals surface area contributed by atoms with E-state index in [9.17, 15) is 4.79 Å². The van der Waals surface area contributed by atoms with E-state index in [1.807, 2.05) is 36.7 Å². The van der Waals surface area contributed by atoms with Gasteiger partial charge in [0.15, 0.2) is 0 Å². The van der Waals surface area contributed by atoms with E-state index < -0.39 is 0 Å². The first-order valence-corrected chi connectivity index (χ1v) is 10.4. The van der Waals surface area contributed by atoms with Crippen LogP contribution in [0.25, 0.3) is 11.1 Å². The Morgan fingerprint density at radius 1 is 1.00 bits per heavy atom. The van der Waals surface area contributed by atoms with Crippen molar-refractivity contribution in [2.75, 3.05) is 5.32 Å². The van der Waals surface area contributed by atoms with Gasteiger partial charge in [-0.2, -0.15) is 0 Å². The lowest BCUT2D eigenvalue weighted by Crippen LogP contribution is -2.24. The van der Waals surface area contributed by atoms with Crippen molar-refractivity contribution < 1.29 is 4.79 Å². The van der Waals surface area contributed by atoms with Gasteiger partial charge in [-0.05, 0) is 65.8 Å². The molecular formula is C25H27N3O. The fourth-order valence-electron chi connectivity index (χ4n) is 4.19. The third kappa shape index (κ3) is 4.65. The van der Waals surface area contributed by atoms with Gasteiger partial charge in [0.25, 0.3) is 5.91 Å². The molecule has 1 amide bonds. The van der Waals surface area contributed by atoms with Gasteiger partial charge in [-0.15, -0.1) is 0 Å². The van der Waals surface area contributed by atoms with Gasteiger partial charge >= 0.3 is 0 Å². The largest absolute Gasteiger partial charge is 0.382 e. The minimum Gasteiger partial charge on any atom is -0.382 e. The van der Waals surface area contributed by atoms with Gasteiger partial charge in [0, 0.05) is 24.1 Å². The van der Waals surface area contributed by atoms with E-state index in [1.54, 1.807) is 0 Å². The Hall–Kier alpha value is -3.14. The average molecular weight is 386 g/mol. The van der Waals surface area contributed by atoms with Crippen LogP contribution in [-0.4, -0.2) is 16.9 Å². The molecule has 0 radical (unpaired) electrons. The summed E-state index contributed by atoms with van der Waals surface area (Å²) < 4.78 is 0. The number of anilines is 1. The van der Waals surface area contributed by atoms with Gasteiger partial charge in [-0.3, -0.25) is 9.78 Å². The summed E-state index contributed by atoms with van der Waals surface area (Å²) in [6.45, 7) is 0. The zero-order chi connectivity index (χ0) is 20.1. The Bertz CT molecular complexity index is 978. The van der Waals surface area contributed by atoms with Crippen molar-refractivity contribution in [1.82, 2.24) is 4.98 Å². The number of hydrogen-bond acceptors (Lipinski definition) is 3. The van der Waals surface area contributed by atoms with Gasteiger partial charge in [0.05, 0.1) is 5.56 Å². The maximum atomic E-state index is 12.0. The summed E-state index contributed by atoms with van der Waals surface area (Å²) in [6, 6.07) is 18.9. The number of primary amides is 1. The molecule has 4 rings (SSSR count). The molecule has 0 saturated heterocycles. The highest BCUT2D eigenvalue weighted by atomic mass is 16.1. The third-order valence-electron chi connectivity index (χ3n) is 5.72. The number of nitrogens with zero attached hydrogens (tertiary/aromatic N) is 1. The van der Waals surface area contributed by atoms with Gasteiger partial charge in [0.2, 0.25) is 0 Å².